The van der Waals surface area contributed by atoms with Gasteiger partial charge in [-0.05, 0) is 40.8 Å². The molecule has 1 unspecified atom stereocenters. The van der Waals surface area contributed by atoms with E-state index in [1.54, 1.807) is 42.5 Å². The minimum atomic E-state index is -4.30. The Labute approximate surface area is 162 Å². The Morgan fingerprint density at radius 1 is 0.786 bits per heavy atom. The van der Waals surface area contributed by atoms with Crippen LogP contribution in [-0.4, -0.2) is 6.18 Å². The van der Waals surface area contributed by atoms with Crippen LogP contribution >= 0.6 is 0 Å². The van der Waals surface area contributed by atoms with E-state index in [2.05, 4.69) is 6.07 Å². The Hall–Kier alpha value is -3.32. The van der Waals surface area contributed by atoms with Gasteiger partial charge >= 0.3 is 6.18 Å². The number of alkyl halides is 3. The summed E-state index contributed by atoms with van der Waals surface area (Å²) in [5.41, 5.74) is 3.36. The molecule has 3 aromatic rings. The minimum Gasteiger partial charge on any atom is -0.192 e. The molecular weight excluding hydrogens is 359 g/mol. The van der Waals surface area contributed by atoms with Crippen molar-refractivity contribution in [3.8, 4) is 6.07 Å². The maximum absolute atomic E-state index is 13.5. The van der Waals surface area contributed by atoms with E-state index in [-0.39, 0.29) is 12.0 Å². The summed E-state index contributed by atoms with van der Waals surface area (Å²) in [5, 5.41) is 8.81. The lowest BCUT2D eigenvalue weighted by atomic mass is 9.91. The van der Waals surface area contributed by atoms with Gasteiger partial charge in [0.05, 0.1) is 17.6 Å². The minimum absolute atomic E-state index is 0.0901. The van der Waals surface area contributed by atoms with Crippen molar-refractivity contribution < 1.29 is 13.2 Å². The third-order valence-electron chi connectivity index (χ3n) is 4.52. The van der Waals surface area contributed by atoms with Crippen LogP contribution in [0.25, 0.3) is 12.2 Å². The Morgan fingerprint density at radius 2 is 1.32 bits per heavy atom. The van der Waals surface area contributed by atoms with Crippen LogP contribution in [0.15, 0.2) is 78.9 Å². The predicted octanol–water partition coefficient (Wildman–Crippen LogP) is 6.62. The Bertz CT molecular complexity index is 964. The molecule has 0 aromatic heterocycles. The number of halogens is 3. The first-order valence-corrected chi connectivity index (χ1v) is 8.84. The quantitative estimate of drug-likeness (QED) is 0.459. The van der Waals surface area contributed by atoms with E-state index >= 15 is 0 Å². The van der Waals surface area contributed by atoms with Gasteiger partial charge in [0.2, 0.25) is 0 Å². The molecule has 1 nitrogen and oxygen atoms in total. The van der Waals surface area contributed by atoms with Crippen LogP contribution in [0.3, 0.4) is 0 Å². The molecule has 4 heteroatoms. The fourth-order valence-electron chi connectivity index (χ4n) is 2.97. The van der Waals surface area contributed by atoms with Gasteiger partial charge in [0.25, 0.3) is 0 Å². The first kappa shape index (κ1) is 19.4. The van der Waals surface area contributed by atoms with Crippen molar-refractivity contribution in [2.45, 2.75) is 18.5 Å². The number of hydrogen-bond donors (Lipinski definition) is 0. The van der Waals surface area contributed by atoms with Gasteiger partial charge in [-0.3, -0.25) is 0 Å². The van der Waals surface area contributed by atoms with Crippen molar-refractivity contribution in [1.29, 1.82) is 5.26 Å². The normalized spacial score (nSPS) is 12.6. The highest BCUT2D eigenvalue weighted by atomic mass is 19.4. The number of benzene rings is 3. The first-order valence-electron chi connectivity index (χ1n) is 8.84. The Morgan fingerprint density at radius 3 is 1.82 bits per heavy atom. The summed E-state index contributed by atoms with van der Waals surface area (Å²) in [6, 6.07) is 24.4. The molecule has 0 aliphatic heterocycles. The number of nitriles is 1. The van der Waals surface area contributed by atoms with Crippen molar-refractivity contribution in [1.82, 2.24) is 0 Å². The van der Waals surface area contributed by atoms with E-state index < -0.39 is 12.1 Å². The molecule has 3 aromatic carbocycles. The maximum atomic E-state index is 13.5. The Kier molecular flexibility index (Phi) is 5.96. The summed E-state index contributed by atoms with van der Waals surface area (Å²) in [6.45, 7) is 0. The van der Waals surface area contributed by atoms with Crippen LogP contribution in [0, 0.1) is 11.3 Å². The molecule has 140 valence electrons. The van der Waals surface area contributed by atoms with Crippen molar-refractivity contribution in [3.05, 3.63) is 107 Å². The van der Waals surface area contributed by atoms with Crippen molar-refractivity contribution in [2.75, 3.05) is 0 Å². The molecule has 0 aliphatic carbocycles. The SMILES string of the molecule is N#Cc1ccc(/C=C/c2ccc(CC(c3ccccc3)C(F)(F)F)cc2)cc1. The van der Waals surface area contributed by atoms with Gasteiger partial charge in [0.1, 0.15) is 0 Å². The third kappa shape index (κ3) is 5.11. The number of nitrogens with zero attached hydrogens (tertiary/aromatic N) is 1. The van der Waals surface area contributed by atoms with Crippen LogP contribution in [0.5, 0.6) is 0 Å². The van der Waals surface area contributed by atoms with Crippen LogP contribution in [-0.2, 0) is 6.42 Å². The molecule has 3 rings (SSSR count). The molecule has 28 heavy (non-hydrogen) atoms. The molecule has 0 saturated heterocycles. The van der Waals surface area contributed by atoms with Crippen LogP contribution in [0.1, 0.15) is 33.7 Å². The monoisotopic (exact) mass is 377 g/mol. The summed E-state index contributed by atoms with van der Waals surface area (Å²) >= 11 is 0. The summed E-state index contributed by atoms with van der Waals surface area (Å²) in [4.78, 5) is 0. The fraction of sp³-hybridized carbons (Fsp3) is 0.125. The van der Waals surface area contributed by atoms with Crippen molar-refractivity contribution in [2.24, 2.45) is 0 Å². The molecule has 0 spiro atoms. The highest BCUT2D eigenvalue weighted by Gasteiger charge is 2.40. The van der Waals surface area contributed by atoms with E-state index in [4.69, 9.17) is 5.26 Å². The van der Waals surface area contributed by atoms with E-state index in [1.807, 2.05) is 36.4 Å². The van der Waals surface area contributed by atoms with E-state index in [1.165, 1.54) is 12.1 Å². The lowest BCUT2D eigenvalue weighted by molar-refractivity contribution is -0.150. The second-order valence-electron chi connectivity index (χ2n) is 6.52. The topological polar surface area (TPSA) is 23.8 Å². The molecule has 0 radical (unpaired) electrons. The standard InChI is InChI=1S/C24H18F3N/c25-24(26,27)23(22-4-2-1-3-5-22)16-20-12-8-18(9-13-20)6-7-19-10-14-21(17-28)15-11-19/h1-15,23H,16H2/b7-6+. The van der Waals surface area contributed by atoms with Gasteiger partial charge in [-0.2, -0.15) is 18.4 Å². The van der Waals surface area contributed by atoms with E-state index in [0.717, 1.165) is 11.1 Å². The smallest absolute Gasteiger partial charge is 0.192 e. The summed E-state index contributed by atoms with van der Waals surface area (Å²) in [7, 11) is 0. The summed E-state index contributed by atoms with van der Waals surface area (Å²) < 4.78 is 40.5. The zero-order valence-electron chi connectivity index (χ0n) is 15.0. The molecule has 1 atom stereocenters. The van der Waals surface area contributed by atoms with Crippen molar-refractivity contribution >= 4 is 12.2 Å². The maximum Gasteiger partial charge on any atom is 0.396 e. The third-order valence-corrected chi connectivity index (χ3v) is 4.52. The van der Waals surface area contributed by atoms with Crippen LogP contribution in [0.2, 0.25) is 0 Å². The first-order chi connectivity index (χ1) is 13.5. The van der Waals surface area contributed by atoms with E-state index in [9.17, 15) is 13.2 Å². The summed E-state index contributed by atoms with van der Waals surface area (Å²) in [5.74, 6) is -1.52. The zero-order chi connectivity index (χ0) is 20.0. The molecule has 0 N–H and O–H groups in total. The molecule has 0 fully saturated rings. The lowest BCUT2D eigenvalue weighted by Crippen LogP contribution is -2.22. The predicted molar refractivity (Wildman–Crippen MR) is 105 cm³/mol. The van der Waals surface area contributed by atoms with Gasteiger partial charge < -0.3 is 0 Å². The highest BCUT2D eigenvalue weighted by Crippen LogP contribution is 2.37. The highest BCUT2D eigenvalue weighted by molar-refractivity contribution is 5.69. The van der Waals surface area contributed by atoms with E-state index in [0.29, 0.717) is 11.1 Å². The average molecular weight is 377 g/mol. The van der Waals surface area contributed by atoms with Gasteiger partial charge in [0.15, 0.2) is 0 Å². The van der Waals surface area contributed by atoms with Crippen LogP contribution < -0.4 is 0 Å². The molecule has 0 bridgehead atoms. The second-order valence-corrected chi connectivity index (χ2v) is 6.52. The lowest BCUT2D eigenvalue weighted by Gasteiger charge is -2.21. The number of rotatable bonds is 5. The Balaban J connectivity index is 1.72. The molecule has 0 heterocycles. The molecule has 0 aliphatic rings. The van der Waals surface area contributed by atoms with Gasteiger partial charge in [-0.15, -0.1) is 0 Å². The van der Waals surface area contributed by atoms with Gasteiger partial charge in [0, 0.05) is 0 Å². The van der Waals surface area contributed by atoms with Crippen LogP contribution in [0.4, 0.5) is 13.2 Å². The zero-order valence-corrected chi connectivity index (χ0v) is 15.0. The fourth-order valence-corrected chi connectivity index (χ4v) is 2.97. The van der Waals surface area contributed by atoms with Gasteiger partial charge in [-0.1, -0.05) is 78.9 Å². The van der Waals surface area contributed by atoms with Gasteiger partial charge in [-0.25, -0.2) is 0 Å². The molecule has 0 amide bonds. The average Bonchev–Trinajstić information content (AvgIpc) is 2.71. The largest absolute Gasteiger partial charge is 0.396 e. The molecular formula is C24H18F3N. The van der Waals surface area contributed by atoms with Crippen molar-refractivity contribution in [3.63, 3.8) is 0 Å². The second kappa shape index (κ2) is 8.58. The number of hydrogen-bond acceptors (Lipinski definition) is 1. The summed E-state index contributed by atoms with van der Waals surface area (Å²) in [6.07, 6.45) is -0.592. The molecule has 0 saturated carbocycles.